The zero-order valence-corrected chi connectivity index (χ0v) is 12.9. The SMILES string of the molecule is Cc1cc2c(NC3CCN(C)c4ccccc43)nccc2[nH]1. The number of aromatic nitrogens is 2. The monoisotopic (exact) mass is 292 g/mol. The Morgan fingerprint density at radius 3 is 3.05 bits per heavy atom. The van der Waals surface area contributed by atoms with E-state index in [1.54, 1.807) is 0 Å². The summed E-state index contributed by atoms with van der Waals surface area (Å²) in [5.74, 6) is 0.964. The molecular formula is C18H20N4. The molecule has 0 aliphatic carbocycles. The number of aryl methyl sites for hydroxylation is 1. The molecule has 4 nitrogen and oxygen atoms in total. The van der Waals surface area contributed by atoms with Crippen molar-refractivity contribution in [3.8, 4) is 0 Å². The fourth-order valence-electron chi connectivity index (χ4n) is 3.35. The van der Waals surface area contributed by atoms with Gasteiger partial charge in [-0.1, -0.05) is 18.2 Å². The van der Waals surface area contributed by atoms with Crippen molar-refractivity contribution < 1.29 is 0 Å². The molecule has 4 heteroatoms. The van der Waals surface area contributed by atoms with Crippen molar-refractivity contribution >= 4 is 22.4 Å². The first-order valence-corrected chi connectivity index (χ1v) is 7.73. The summed E-state index contributed by atoms with van der Waals surface area (Å²) in [7, 11) is 2.16. The van der Waals surface area contributed by atoms with Crippen LogP contribution in [0, 0.1) is 6.92 Å². The van der Waals surface area contributed by atoms with Crippen LogP contribution in [0.4, 0.5) is 11.5 Å². The van der Waals surface area contributed by atoms with Crippen LogP contribution >= 0.6 is 0 Å². The van der Waals surface area contributed by atoms with Gasteiger partial charge < -0.3 is 15.2 Å². The number of nitrogens with one attached hydrogen (secondary N) is 2. The molecule has 1 aromatic carbocycles. The molecule has 0 radical (unpaired) electrons. The Labute approximate surface area is 130 Å². The predicted molar refractivity (Wildman–Crippen MR) is 91.5 cm³/mol. The van der Waals surface area contributed by atoms with Gasteiger partial charge in [-0.05, 0) is 37.1 Å². The van der Waals surface area contributed by atoms with Gasteiger partial charge in [-0.3, -0.25) is 0 Å². The number of nitrogens with zero attached hydrogens (tertiary/aromatic N) is 2. The van der Waals surface area contributed by atoms with Crippen LogP contribution in [0.15, 0.2) is 42.6 Å². The van der Waals surface area contributed by atoms with E-state index in [1.807, 2.05) is 12.3 Å². The van der Waals surface area contributed by atoms with E-state index in [1.165, 1.54) is 11.3 Å². The topological polar surface area (TPSA) is 44.0 Å². The first-order valence-electron chi connectivity index (χ1n) is 7.73. The van der Waals surface area contributed by atoms with Crippen LogP contribution in [0.3, 0.4) is 0 Å². The molecule has 0 fully saturated rings. The molecule has 1 unspecified atom stereocenters. The Morgan fingerprint density at radius 2 is 2.14 bits per heavy atom. The van der Waals surface area contributed by atoms with Crippen molar-refractivity contribution in [2.24, 2.45) is 0 Å². The summed E-state index contributed by atoms with van der Waals surface area (Å²) in [5.41, 5.74) is 4.96. The second-order valence-electron chi connectivity index (χ2n) is 6.04. The lowest BCUT2D eigenvalue weighted by molar-refractivity contribution is 0.647. The van der Waals surface area contributed by atoms with Crippen LogP contribution in [0.5, 0.6) is 0 Å². The van der Waals surface area contributed by atoms with Crippen LogP contribution in [0.25, 0.3) is 10.9 Å². The number of anilines is 2. The van der Waals surface area contributed by atoms with Crippen LogP contribution in [0.2, 0.25) is 0 Å². The molecule has 22 heavy (non-hydrogen) atoms. The highest BCUT2D eigenvalue weighted by molar-refractivity contribution is 5.90. The molecule has 0 saturated carbocycles. The van der Waals surface area contributed by atoms with E-state index in [-0.39, 0.29) is 0 Å². The number of fused-ring (bicyclic) bond motifs is 2. The molecule has 2 N–H and O–H groups in total. The molecule has 112 valence electrons. The van der Waals surface area contributed by atoms with Gasteiger partial charge in [-0.2, -0.15) is 0 Å². The second kappa shape index (κ2) is 5.05. The number of benzene rings is 1. The van der Waals surface area contributed by atoms with Crippen molar-refractivity contribution in [1.82, 2.24) is 9.97 Å². The van der Waals surface area contributed by atoms with Gasteiger partial charge in [0.05, 0.1) is 11.6 Å². The zero-order chi connectivity index (χ0) is 15.1. The first-order chi connectivity index (χ1) is 10.7. The van der Waals surface area contributed by atoms with Gasteiger partial charge in [0.1, 0.15) is 5.82 Å². The van der Waals surface area contributed by atoms with Crippen molar-refractivity contribution in [3.05, 3.63) is 53.9 Å². The summed E-state index contributed by atoms with van der Waals surface area (Å²) >= 11 is 0. The third-order valence-corrected chi connectivity index (χ3v) is 4.47. The summed E-state index contributed by atoms with van der Waals surface area (Å²) in [6, 6.07) is 13.1. The number of hydrogen-bond acceptors (Lipinski definition) is 3. The fraction of sp³-hybridized carbons (Fsp3) is 0.278. The molecule has 4 rings (SSSR count). The molecule has 0 saturated heterocycles. The summed E-state index contributed by atoms with van der Waals surface area (Å²) in [4.78, 5) is 10.3. The van der Waals surface area contributed by atoms with Crippen LogP contribution < -0.4 is 10.2 Å². The van der Waals surface area contributed by atoms with Gasteiger partial charge in [-0.15, -0.1) is 0 Å². The van der Waals surface area contributed by atoms with Crippen molar-refractivity contribution in [3.63, 3.8) is 0 Å². The Hall–Kier alpha value is -2.49. The summed E-state index contributed by atoms with van der Waals surface area (Å²) < 4.78 is 0. The predicted octanol–water partition coefficient (Wildman–Crippen LogP) is 3.86. The summed E-state index contributed by atoms with van der Waals surface area (Å²) in [6.45, 7) is 3.13. The number of pyridine rings is 1. The average Bonchev–Trinajstić information content (AvgIpc) is 2.92. The van der Waals surface area contributed by atoms with Gasteiger partial charge in [0, 0.05) is 36.6 Å². The average molecular weight is 292 g/mol. The molecule has 2 aromatic heterocycles. The lowest BCUT2D eigenvalue weighted by Crippen LogP contribution is -2.30. The number of H-pyrrole nitrogens is 1. The zero-order valence-electron chi connectivity index (χ0n) is 12.9. The van der Waals surface area contributed by atoms with Crippen molar-refractivity contribution in [1.29, 1.82) is 0 Å². The highest BCUT2D eigenvalue weighted by Gasteiger charge is 2.23. The molecule has 3 aromatic rings. The maximum absolute atomic E-state index is 4.56. The number of rotatable bonds is 2. The number of para-hydroxylation sites is 1. The Kier molecular flexibility index (Phi) is 3.03. The fourth-order valence-corrected chi connectivity index (χ4v) is 3.35. The highest BCUT2D eigenvalue weighted by Crippen LogP contribution is 2.35. The van der Waals surface area contributed by atoms with Gasteiger partial charge in [-0.25, -0.2) is 4.98 Å². The minimum Gasteiger partial charge on any atom is -0.374 e. The molecule has 1 atom stereocenters. The smallest absolute Gasteiger partial charge is 0.135 e. The second-order valence-corrected chi connectivity index (χ2v) is 6.04. The molecule has 1 aliphatic heterocycles. The third-order valence-electron chi connectivity index (χ3n) is 4.47. The lowest BCUT2D eigenvalue weighted by atomic mass is 9.96. The first kappa shape index (κ1) is 13.2. The van der Waals surface area contributed by atoms with Gasteiger partial charge in [0.25, 0.3) is 0 Å². The molecule has 3 heterocycles. The summed E-state index contributed by atoms with van der Waals surface area (Å²) in [5, 5.41) is 4.82. The van der Waals surface area contributed by atoms with E-state index in [4.69, 9.17) is 0 Å². The molecule has 0 amide bonds. The van der Waals surface area contributed by atoms with Gasteiger partial charge >= 0.3 is 0 Å². The molecular weight excluding hydrogens is 272 g/mol. The van der Waals surface area contributed by atoms with Crippen molar-refractivity contribution in [2.45, 2.75) is 19.4 Å². The van der Waals surface area contributed by atoms with Gasteiger partial charge in [0.15, 0.2) is 0 Å². The van der Waals surface area contributed by atoms with E-state index < -0.39 is 0 Å². The quantitative estimate of drug-likeness (QED) is 0.753. The number of hydrogen-bond donors (Lipinski definition) is 2. The van der Waals surface area contributed by atoms with E-state index in [9.17, 15) is 0 Å². The normalized spacial score (nSPS) is 17.5. The van der Waals surface area contributed by atoms with Crippen LogP contribution in [-0.2, 0) is 0 Å². The Balaban J connectivity index is 1.73. The van der Waals surface area contributed by atoms with E-state index in [0.717, 1.165) is 35.4 Å². The van der Waals surface area contributed by atoms with Gasteiger partial charge in [0.2, 0.25) is 0 Å². The largest absolute Gasteiger partial charge is 0.374 e. The molecule has 0 bridgehead atoms. The van der Waals surface area contributed by atoms with Crippen LogP contribution in [0.1, 0.15) is 23.7 Å². The highest BCUT2D eigenvalue weighted by atomic mass is 15.1. The maximum atomic E-state index is 4.56. The minimum atomic E-state index is 0.306. The number of aromatic amines is 1. The standard InChI is InChI=1S/C18H20N4/c1-12-11-14-15(20-12)7-9-19-18(14)21-16-8-10-22(2)17-6-4-3-5-13(16)17/h3-7,9,11,16,20H,8,10H2,1-2H3,(H,19,21). The Morgan fingerprint density at radius 1 is 1.27 bits per heavy atom. The minimum absolute atomic E-state index is 0.306. The lowest BCUT2D eigenvalue weighted by Gasteiger charge is -2.33. The summed E-state index contributed by atoms with van der Waals surface area (Å²) in [6.07, 6.45) is 2.94. The third kappa shape index (κ3) is 2.11. The van der Waals surface area contributed by atoms with E-state index in [0.29, 0.717) is 6.04 Å². The van der Waals surface area contributed by atoms with E-state index in [2.05, 4.69) is 64.5 Å². The molecule has 1 aliphatic rings. The van der Waals surface area contributed by atoms with Crippen molar-refractivity contribution in [2.75, 3.05) is 23.8 Å². The molecule has 0 spiro atoms. The van der Waals surface area contributed by atoms with E-state index >= 15 is 0 Å². The van der Waals surface area contributed by atoms with Crippen LogP contribution in [-0.4, -0.2) is 23.6 Å². The maximum Gasteiger partial charge on any atom is 0.135 e. The Bertz CT molecular complexity index is 821.